The fourth-order valence-corrected chi connectivity index (χ4v) is 6.58. The number of anilines is 1. The normalized spacial score (nSPS) is 17.2. The number of alkyl halides is 4. The Morgan fingerprint density at radius 2 is 1.69 bits per heavy atom. The molecular weight excluding hydrogens is 686 g/mol. The Balaban J connectivity index is 1.50. The summed E-state index contributed by atoms with van der Waals surface area (Å²) in [6, 6.07) is 8.60. The molecular formula is C37H36F6N8O. The van der Waals surface area contributed by atoms with Crippen LogP contribution >= 0.6 is 0 Å². The largest absolute Gasteiger partial charge is 0.368 e. The summed E-state index contributed by atoms with van der Waals surface area (Å²) in [7, 11) is 0. The topological polar surface area (TPSA) is 116 Å². The lowest BCUT2D eigenvalue weighted by Crippen LogP contribution is -2.35. The number of nitrogens with zero attached hydrogens (tertiary/aromatic N) is 6. The second kappa shape index (κ2) is 13.3. The molecule has 4 aromatic heterocycles. The lowest BCUT2D eigenvalue weighted by atomic mass is 9.94. The van der Waals surface area contributed by atoms with Crippen LogP contribution in [0.1, 0.15) is 92.6 Å². The number of pyridine rings is 2. The molecule has 0 radical (unpaired) electrons. The van der Waals surface area contributed by atoms with Crippen molar-refractivity contribution >= 4 is 17.5 Å². The fourth-order valence-electron chi connectivity index (χ4n) is 6.58. The molecule has 9 nitrogen and oxygen atoms in total. The number of nitrogen functional groups attached to an aromatic ring is 1. The maximum absolute atomic E-state index is 15.5. The average Bonchev–Trinajstić information content (AvgIpc) is 3.68. The van der Waals surface area contributed by atoms with Gasteiger partial charge >= 0.3 is 0 Å². The Hall–Kier alpha value is -5.39. The van der Waals surface area contributed by atoms with E-state index in [4.69, 9.17) is 10.7 Å². The number of aryl methyl sites for hydroxylation is 1. The third-order valence-corrected chi connectivity index (χ3v) is 9.19. The zero-order valence-electron chi connectivity index (χ0n) is 29.2. The highest BCUT2D eigenvalue weighted by Gasteiger charge is 2.55. The molecule has 0 spiro atoms. The quantitative estimate of drug-likeness (QED) is 0.127. The molecule has 1 aliphatic rings. The van der Waals surface area contributed by atoms with Gasteiger partial charge in [-0.3, -0.25) is 13.9 Å². The van der Waals surface area contributed by atoms with Crippen LogP contribution in [0.25, 0.3) is 16.8 Å². The van der Waals surface area contributed by atoms with Crippen molar-refractivity contribution in [1.82, 2.24) is 34.7 Å². The molecule has 15 heteroatoms. The first kappa shape index (κ1) is 36.4. The first-order valence-corrected chi connectivity index (χ1v) is 16.5. The zero-order valence-corrected chi connectivity index (χ0v) is 29.2. The van der Waals surface area contributed by atoms with Crippen LogP contribution in [0.4, 0.5) is 32.3 Å². The van der Waals surface area contributed by atoms with Gasteiger partial charge in [-0.1, -0.05) is 19.8 Å². The molecule has 1 amide bonds. The number of fused-ring (bicyclic) bond motifs is 2. The van der Waals surface area contributed by atoms with E-state index in [-0.39, 0.29) is 29.2 Å². The van der Waals surface area contributed by atoms with E-state index in [1.54, 1.807) is 35.6 Å². The van der Waals surface area contributed by atoms with Crippen LogP contribution in [-0.4, -0.2) is 35.3 Å². The molecule has 1 aromatic carbocycles. The summed E-state index contributed by atoms with van der Waals surface area (Å²) in [5.41, 5.74) is 6.49. The third-order valence-electron chi connectivity index (χ3n) is 9.19. The van der Waals surface area contributed by atoms with E-state index >= 15 is 8.78 Å². The van der Waals surface area contributed by atoms with Gasteiger partial charge in [0.2, 0.25) is 11.9 Å². The van der Waals surface area contributed by atoms with Crippen molar-refractivity contribution in [1.29, 1.82) is 0 Å². The molecule has 52 heavy (non-hydrogen) atoms. The SMILES string of the molecule is Cc1ccc(-c2ccc(C#CC(C)(C)C)nc2[C@H](Cc2cc(F)cc(F)c2)NC(=O)Cn2nc(C(F)F)c3c2C(F)(F)[C@H](C)[C@@H]3C)c2nnc(N)n12. The molecule has 0 aliphatic heterocycles. The summed E-state index contributed by atoms with van der Waals surface area (Å²) in [5, 5.41) is 14.8. The van der Waals surface area contributed by atoms with E-state index in [1.807, 2.05) is 20.8 Å². The lowest BCUT2D eigenvalue weighted by Gasteiger charge is -2.23. The zero-order chi connectivity index (χ0) is 37.9. The van der Waals surface area contributed by atoms with Crippen LogP contribution in [-0.2, 0) is 23.7 Å². The van der Waals surface area contributed by atoms with E-state index in [0.717, 1.165) is 17.8 Å². The van der Waals surface area contributed by atoms with E-state index in [0.29, 0.717) is 33.2 Å². The molecule has 0 fully saturated rings. The van der Waals surface area contributed by atoms with E-state index in [2.05, 4.69) is 32.5 Å². The molecule has 3 atom stereocenters. The highest BCUT2D eigenvalue weighted by Crippen LogP contribution is 2.54. The minimum atomic E-state index is -3.54. The van der Waals surface area contributed by atoms with Crippen molar-refractivity contribution in [2.24, 2.45) is 11.3 Å². The fraction of sp³-hybridized carbons (Fsp3) is 0.378. The molecule has 272 valence electrons. The Bertz CT molecular complexity index is 2240. The first-order chi connectivity index (χ1) is 24.4. The Morgan fingerprint density at radius 1 is 1.02 bits per heavy atom. The van der Waals surface area contributed by atoms with E-state index in [1.165, 1.54) is 13.8 Å². The van der Waals surface area contributed by atoms with Crippen molar-refractivity contribution in [2.45, 2.75) is 78.8 Å². The van der Waals surface area contributed by atoms with Gasteiger partial charge < -0.3 is 11.1 Å². The Labute approximate surface area is 295 Å². The standard InChI is InChI=1S/C37H36F6N8O/c1-18-7-9-26(34-47-48-35(44)51(18)34)25-10-8-24(11-12-36(4,5)6)45-30(25)27(15-21-13-22(38)16-23(39)14-21)46-28(52)17-50-32-29(31(49-50)33(40)41)19(2)20(3)37(32,42)43/h7-10,13-14,16,19-20,27,33H,15,17H2,1-6H3,(H2,44,48)(H,46,52)/t19-,20+,27-/m0/s1. The minimum Gasteiger partial charge on any atom is -0.368 e. The van der Waals surface area contributed by atoms with E-state index < -0.39 is 71.1 Å². The highest BCUT2D eigenvalue weighted by molar-refractivity contribution is 5.82. The molecule has 4 heterocycles. The number of benzene rings is 1. The van der Waals surface area contributed by atoms with Crippen LogP contribution in [0.15, 0.2) is 42.5 Å². The number of carbonyl (C=O) groups is 1. The summed E-state index contributed by atoms with van der Waals surface area (Å²) in [6.07, 6.45) is -3.38. The molecule has 0 bridgehead atoms. The molecule has 0 saturated carbocycles. The summed E-state index contributed by atoms with van der Waals surface area (Å²) < 4.78 is 90.3. The predicted molar refractivity (Wildman–Crippen MR) is 181 cm³/mol. The van der Waals surface area contributed by atoms with Crippen molar-refractivity contribution in [2.75, 3.05) is 5.73 Å². The maximum Gasteiger partial charge on any atom is 0.292 e. The molecule has 1 aliphatic carbocycles. The number of hydrogen-bond acceptors (Lipinski definition) is 6. The number of amides is 1. The second-order valence-electron chi connectivity index (χ2n) is 14.1. The van der Waals surface area contributed by atoms with Crippen molar-refractivity contribution in [3.05, 3.63) is 93.7 Å². The van der Waals surface area contributed by atoms with Crippen LogP contribution in [0.5, 0.6) is 0 Å². The van der Waals surface area contributed by atoms with Gasteiger partial charge in [0.1, 0.15) is 35.3 Å². The smallest absolute Gasteiger partial charge is 0.292 e. The minimum absolute atomic E-state index is 0.118. The summed E-state index contributed by atoms with van der Waals surface area (Å²) >= 11 is 0. The van der Waals surface area contributed by atoms with Gasteiger partial charge in [0, 0.05) is 39.8 Å². The van der Waals surface area contributed by atoms with Gasteiger partial charge in [0.05, 0.1) is 11.7 Å². The second-order valence-corrected chi connectivity index (χ2v) is 14.1. The van der Waals surface area contributed by atoms with Crippen LogP contribution < -0.4 is 11.1 Å². The van der Waals surface area contributed by atoms with Gasteiger partial charge in [0.15, 0.2) is 5.65 Å². The monoisotopic (exact) mass is 722 g/mol. The summed E-state index contributed by atoms with van der Waals surface area (Å²) in [4.78, 5) is 18.7. The van der Waals surface area contributed by atoms with Gasteiger partial charge in [-0.25, -0.2) is 22.5 Å². The number of carbonyl (C=O) groups excluding carboxylic acids is 1. The molecule has 5 aromatic rings. The van der Waals surface area contributed by atoms with Gasteiger partial charge in [0.25, 0.3) is 12.3 Å². The van der Waals surface area contributed by atoms with Crippen molar-refractivity contribution in [3.8, 4) is 23.0 Å². The summed E-state index contributed by atoms with van der Waals surface area (Å²) in [6.45, 7) is 9.35. The average molecular weight is 723 g/mol. The maximum atomic E-state index is 15.5. The van der Waals surface area contributed by atoms with Gasteiger partial charge in [-0.15, -0.1) is 10.2 Å². The molecule has 0 saturated heterocycles. The lowest BCUT2D eigenvalue weighted by molar-refractivity contribution is -0.123. The summed E-state index contributed by atoms with van der Waals surface area (Å²) in [5.74, 6) is -2.17. The van der Waals surface area contributed by atoms with Gasteiger partial charge in [-0.2, -0.15) is 13.9 Å². The number of halogens is 6. The number of nitrogens with two attached hydrogens (primary N) is 1. The number of aromatic nitrogens is 6. The van der Waals surface area contributed by atoms with Crippen LogP contribution in [0, 0.1) is 41.7 Å². The van der Waals surface area contributed by atoms with E-state index in [9.17, 15) is 22.4 Å². The number of hydrogen-bond donors (Lipinski definition) is 2. The predicted octanol–water partition coefficient (Wildman–Crippen LogP) is 7.44. The number of nitrogens with one attached hydrogen (secondary N) is 1. The molecule has 0 unspecified atom stereocenters. The first-order valence-electron chi connectivity index (χ1n) is 16.5. The van der Waals surface area contributed by atoms with Crippen molar-refractivity contribution < 1.29 is 31.1 Å². The van der Waals surface area contributed by atoms with Crippen LogP contribution in [0.2, 0.25) is 0 Å². The highest BCUT2D eigenvalue weighted by atomic mass is 19.3. The van der Waals surface area contributed by atoms with Crippen molar-refractivity contribution in [3.63, 3.8) is 0 Å². The molecule has 3 N–H and O–H groups in total. The third kappa shape index (κ3) is 6.81. The Kier molecular flexibility index (Phi) is 9.31. The van der Waals surface area contributed by atoms with Gasteiger partial charge in [-0.05, 0) is 87.9 Å². The molecule has 6 rings (SSSR count). The number of rotatable bonds is 8. The van der Waals surface area contributed by atoms with Crippen LogP contribution in [0.3, 0.4) is 0 Å². The Morgan fingerprint density at radius 3 is 2.35 bits per heavy atom.